The number of carbonyl (C=O) groups is 1. The van der Waals surface area contributed by atoms with E-state index in [1.807, 2.05) is 13.8 Å². The monoisotopic (exact) mass is 300 g/mol. The van der Waals surface area contributed by atoms with Gasteiger partial charge in [-0.1, -0.05) is 19.9 Å². The van der Waals surface area contributed by atoms with Gasteiger partial charge < -0.3 is 15.8 Å². The Bertz CT molecular complexity index is 569. The van der Waals surface area contributed by atoms with Crippen LogP contribution in [0.1, 0.15) is 13.8 Å². The lowest BCUT2D eigenvalue weighted by molar-refractivity contribution is -0.120. The normalized spacial score (nSPS) is 13.2. The molecule has 0 aliphatic rings. The summed E-state index contributed by atoms with van der Waals surface area (Å²) in [5.74, 6) is -0.136. The predicted molar refractivity (Wildman–Crippen MR) is 76.3 cm³/mol. The van der Waals surface area contributed by atoms with Gasteiger partial charge in [0.1, 0.15) is 18.4 Å². The number of nitrogens with two attached hydrogens (primary N) is 1. The van der Waals surface area contributed by atoms with E-state index in [4.69, 9.17) is 10.5 Å². The zero-order chi connectivity index (χ0) is 15.3. The number of nitrogens with one attached hydrogen (secondary N) is 1. The maximum Gasteiger partial charge on any atom is 0.238 e. The molecule has 1 aromatic carbocycles. The summed E-state index contributed by atoms with van der Waals surface area (Å²) in [6, 6.07) is 5.57. The molecule has 112 valence electrons. The maximum absolute atomic E-state index is 11.4. The molecule has 20 heavy (non-hydrogen) atoms. The highest BCUT2D eigenvalue weighted by atomic mass is 32.2. The number of primary amides is 1. The van der Waals surface area contributed by atoms with E-state index < -0.39 is 21.8 Å². The number of benzene rings is 1. The van der Waals surface area contributed by atoms with Crippen molar-refractivity contribution in [2.24, 2.45) is 5.73 Å². The molecule has 0 fully saturated rings. The van der Waals surface area contributed by atoms with E-state index in [2.05, 4.69) is 5.32 Å². The Balaban J connectivity index is 2.76. The first-order valence-corrected chi connectivity index (χ1v) is 8.07. The molecule has 0 saturated carbocycles. The molecule has 0 spiro atoms. The first-order chi connectivity index (χ1) is 9.20. The second-order valence-corrected chi connectivity index (χ2v) is 6.85. The summed E-state index contributed by atoms with van der Waals surface area (Å²) in [6.45, 7) is 3.82. The summed E-state index contributed by atoms with van der Waals surface area (Å²) in [5, 5.41) is 2.98. The molecule has 1 unspecified atom stereocenters. The van der Waals surface area contributed by atoms with E-state index in [-0.39, 0.29) is 17.5 Å². The van der Waals surface area contributed by atoms with E-state index in [9.17, 15) is 13.2 Å². The topological polar surface area (TPSA) is 98.5 Å². The number of hydrogen-bond acceptors (Lipinski definition) is 5. The molecule has 6 nitrogen and oxygen atoms in total. The van der Waals surface area contributed by atoms with Crippen LogP contribution in [0.15, 0.2) is 29.2 Å². The molecule has 1 aromatic rings. The van der Waals surface area contributed by atoms with Gasteiger partial charge in [0, 0.05) is 12.3 Å². The quantitative estimate of drug-likeness (QED) is 0.755. The number of sulfone groups is 1. The smallest absolute Gasteiger partial charge is 0.238 e. The van der Waals surface area contributed by atoms with Gasteiger partial charge in [-0.05, 0) is 18.2 Å². The highest BCUT2D eigenvalue weighted by molar-refractivity contribution is 7.90. The summed E-state index contributed by atoms with van der Waals surface area (Å²) < 4.78 is 28.3. The third kappa shape index (κ3) is 5.18. The molecule has 0 aromatic heterocycles. The van der Waals surface area contributed by atoms with Gasteiger partial charge in [0.05, 0.1) is 4.90 Å². The fourth-order valence-corrected chi connectivity index (χ4v) is 2.24. The molecule has 3 N–H and O–H groups in total. The zero-order valence-corrected chi connectivity index (χ0v) is 12.6. The van der Waals surface area contributed by atoms with Crippen molar-refractivity contribution in [3.63, 3.8) is 0 Å². The Morgan fingerprint density at radius 2 is 2.05 bits per heavy atom. The number of carbonyl (C=O) groups excluding carboxylic acids is 1. The lowest BCUT2D eigenvalue weighted by atomic mass is 10.2. The van der Waals surface area contributed by atoms with Crippen LogP contribution in [0.2, 0.25) is 0 Å². The van der Waals surface area contributed by atoms with Gasteiger partial charge >= 0.3 is 0 Å². The number of amides is 1. The van der Waals surface area contributed by atoms with Crippen molar-refractivity contribution < 1.29 is 17.9 Å². The van der Waals surface area contributed by atoms with Gasteiger partial charge in [-0.15, -0.1) is 0 Å². The van der Waals surface area contributed by atoms with Gasteiger partial charge in [0.2, 0.25) is 5.91 Å². The molecule has 1 atom stereocenters. The Hall–Kier alpha value is -1.60. The van der Waals surface area contributed by atoms with Gasteiger partial charge in [-0.25, -0.2) is 8.42 Å². The average molecular weight is 300 g/mol. The second kappa shape index (κ2) is 6.71. The van der Waals surface area contributed by atoms with Crippen LogP contribution in [0.4, 0.5) is 0 Å². The van der Waals surface area contributed by atoms with Crippen LogP contribution in [0, 0.1) is 0 Å². The summed E-state index contributed by atoms with van der Waals surface area (Å²) >= 11 is 0. The Labute approximate surface area is 119 Å². The Morgan fingerprint density at radius 3 is 2.55 bits per heavy atom. The first-order valence-electron chi connectivity index (χ1n) is 6.18. The number of ether oxygens (including phenoxy) is 1. The van der Waals surface area contributed by atoms with Crippen molar-refractivity contribution in [2.45, 2.75) is 30.8 Å². The van der Waals surface area contributed by atoms with Crippen LogP contribution in [0.5, 0.6) is 5.75 Å². The molecule has 0 aliphatic carbocycles. The van der Waals surface area contributed by atoms with Gasteiger partial charge in [0.15, 0.2) is 9.84 Å². The molecule has 0 saturated heterocycles. The number of hydrogen-bond donors (Lipinski definition) is 2. The van der Waals surface area contributed by atoms with Crippen LogP contribution < -0.4 is 15.8 Å². The Morgan fingerprint density at radius 1 is 1.40 bits per heavy atom. The van der Waals surface area contributed by atoms with Crippen LogP contribution in [0.3, 0.4) is 0 Å². The van der Waals surface area contributed by atoms with Crippen LogP contribution in [0.25, 0.3) is 0 Å². The minimum Gasteiger partial charge on any atom is -0.491 e. The summed E-state index contributed by atoms with van der Waals surface area (Å²) in [7, 11) is -3.29. The fraction of sp³-hybridized carbons (Fsp3) is 0.462. The molecule has 0 heterocycles. The van der Waals surface area contributed by atoms with E-state index in [0.29, 0.717) is 5.75 Å². The molecule has 0 radical (unpaired) electrons. The van der Waals surface area contributed by atoms with E-state index >= 15 is 0 Å². The van der Waals surface area contributed by atoms with Crippen molar-refractivity contribution in [1.82, 2.24) is 5.32 Å². The van der Waals surface area contributed by atoms with Gasteiger partial charge in [0.25, 0.3) is 0 Å². The highest BCUT2D eigenvalue weighted by Crippen LogP contribution is 2.17. The largest absolute Gasteiger partial charge is 0.491 e. The van der Waals surface area contributed by atoms with E-state index in [1.54, 1.807) is 12.1 Å². The molecule has 0 aliphatic heterocycles. The molecule has 7 heteroatoms. The molecule has 1 amide bonds. The number of rotatable bonds is 7. The summed E-state index contributed by atoms with van der Waals surface area (Å²) in [4.78, 5) is 11.4. The zero-order valence-electron chi connectivity index (χ0n) is 11.8. The molecular formula is C13H20N2O4S. The standard InChI is InChI=1S/C13H20N2O4S/c1-9(2)15-12(13(14)16)8-19-10-5-4-6-11(7-10)20(3,17)18/h4-7,9,12,15H,8H2,1-3H3,(H2,14,16). The third-order valence-electron chi connectivity index (χ3n) is 2.53. The van der Waals surface area contributed by atoms with Crippen molar-refractivity contribution in [3.8, 4) is 5.75 Å². The van der Waals surface area contributed by atoms with Crippen molar-refractivity contribution in [2.75, 3.05) is 12.9 Å². The fourth-order valence-electron chi connectivity index (χ4n) is 1.59. The minimum atomic E-state index is -3.29. The van der Waals surface area contributed by atoms with Crippen molar-refractivity contribution >= 4 is 15.7 Å². The Kier molecular flexibility index (Phi) is 5.52. The van der Waals surface area contributed by atoms with Crippen LogP contribution in [-0.2, 0) is 14.6 Å². The van der Waals surface area contributed by atoms with Crippen LogP contribution in [-0.4, -0.2) is 39.3 Å². The highest BCUT2D eigenvalue weighted by Gasteiger charge is 2.17. The predicted octanol–water partition coefficient (Wildman–Crippen LogP) is 0.321. The summed E-state index contributed by atoms with van der Waals surface area (Å²) in [6.07, 6.45) is 1.12. The SMILES string of the molecule is CC(C)NC(COc1cccc(S(C)(=O)=O)c1)C(N)=O. The van der Waals surface area contributed by atoms with Gasteiger partial charge in [-0.2, -0.15) is 0 Å². The minimum absolute atomic E-state index is 0.0424. The van der Waals surface area contributed by atoms with Crippen molar-refractivity contribution in [3.05, 3.63) is 24.3 Å². The van der Waals surface area contributed by atoms with Crippen LogP contribution >= 0.6 is 0 Å². The molecule has 0 bridgehead atoms. The lowest BCUT2D eigenvalue weighted by Crippen LogP contribution is -2.48. The summed E-state index contributed by atoms with van der Waals surface area (Å²) in [5.41, 5.74) is 5.27. The lowest BCUT2D eigenvalue weighted by Gasteiger charge is -2.18. The van der Waals surface area contributed by atoms with Gasteiger partial charge in [-0.3, -0.25) is 4.79 Å². The molecule has 1 rings (SSSR count). The average Bonchev–Trinajstić information content (AvgIpc) is 2.33. The first kappa shape index (κ1) is 16.5. The van der Waals surface area contributed by atoms with Crippen molar-refractivity contribution in [1.29, 1.82) is 0 Å². The van der Waals surface area contributed by atoms with E-state index in [1.165, 1.54) is 12.1 Å². The maximum atomic E-state index is 11.4. The second-order valence-electron chi connectivity index (χ2n) is 4.83. The third-order valence-corrected chi connectivity index (χ3v) is 3.64. The van der Waals surface area contributed by atoms with E-state index in [0.717, 1.165) is 6.26 Å². The molecular weight excluding hydrogens is 280 g/mol.